The van der Waals surface area contributed by atoms with Gasteiger partial charge in [0.2, 0.25) is 0 Å². The summed E-state index contributed by atoms with van der Waals surface area (Å²) in [6.07, 6.45) is 2.35. The van der Waals surface area contributed by atoms with Crippen LogP contribution in [0.3, 0.4) is 0 Å². The second-order valence-corrected chi connectivity index (χ2v) is 18.8. The van der Waals surface area contributed by atoms with Gasteiger partial charge in [0.25, 0.3) is 0 Å². The lowest BCUT2D eigenvalue weighted by Gasteiger charge is -2.43. The third kappa shape index (κ3) is 4.84. The number of hydrogen-bond acceptors (Lipinski definition) is 1. The Kier molecular flexibility index (Phi) is 7.17. The lowest BCUT2D eigenvalue weighted by Crippen LogP contribution is -2.34. The Bertz CT molecular complexity index is 2710. The van der Waals surface area contributed by atoms with Crippen molar-refractivity contribution in [3.8, 4) is 33.4 Å². The first-order valence-electron chi connectivity index (χ1n) is 20.2. The summed E-state index contributed by atoms with van der Waals surface area (Å²) < 4.78 is 0. The Morgan fingerprint density at radius 2 is 0.927 bits per heavy atom. The standard InChI is InChI=1S/C54H51N/c1-51(2)29-30-52(3,4)50-40(22-16-25-45(50)51)42-32-41-38-21-12-14-24-44(38)54(7,8)47(41)33-49(42)55(48-26-15-18-34-17-9-10-19-36(34)48)35-27-28-39-37-20-11-13-23-43(37)53(5,6)46(39)31-35/h9-28,31-33H,29-30H2,1-8H3. The third-order valence-corrected chi connectivity index (χ3v) is 13.9. The van der Waals surface area contributed by atoms with E-state index in [2.05, 4.69) is 200 Å². The van der Waals surface area contributed by atoms with Crippen LogP contribution in [0.25, 0.3) is 44.2 Å². The molecule has 0 bridgehead atoms. The van der Waals surface area contributed by atoms with E-state index in [1.807, 2.05) is 0 Å². The lowest BCUT2D eigenvalue weighted by molar-refractivity contribution is 0.333. The van der Waals surface area contributed by atoms with Gasteiger partial charge in [0, 0.05) is 27.5 Å². The zero-order chi connectivity index (χ0) is 38.1. The largest absolute Gasteiger partial charge is 0.309 e. The van der Waals surface area contributed by atoms with Crippen molar-refractivity contribution in [1.82, 2.24) is 0 Å². The van der Waals surface area contributed by atoms with Crippen LogP contribution in [0.1, 0.15) is 102 Å². The van der Waals surface area contributed by atoms with E-state index in [0.717, 1.165) is 6.42 Å². The quantitative estimate of drug-likeness (QED) is 0.176. The van der Waals surface area contributed by atoms with Crippen LogP contribution in [0, 0.1) is 0 Å². The molecule has 3 aliphatic rings. The number of hydrogen-bond donors (Lipinski definition) is 0. The highest BCUT2D eigenvalue weighted by molar-refractivity contribution is 6.03. The van der Waals surface area contributed by atoms with Crippen molar-refractivity contribution < 1.29 is 0 Å². The summed E-state index contributed by atoms with van der Waals surface area (Å²) in [4.78, 5) is 2.61. The van der Waals surface area contributed by atoms with Crippen LogP contribution in [-0.4, -0.2) is 0 Å². The number of benzene rings is 7. The highest BCUT2D eigenvalue weighted by Gasteiger charge is 2.42. The van der Waals surface area contributed by atoms with Gasteiger partial charge in [0.15, 0.2) is 0 Å². The maximum atomic E-state index is 2.61. The second kappa shape index (κ2) is 11.6. The molecule has 0 fully saturated rings. The molecule has 55 heavy (non-hydrogen) atoms. The van der Waals surface area contributed by atoms with E-state index >= 15 is 0 Å². The molecule has 0 N–H and O–H groups in total. The van der Waals surface area contributed by atoms with Crippen molar-refractivity contribution in [2.75, 3.05) is 4.90 Å². The molecule has 1 heteroatoms. The monoisotopic (exact) mass is 713 g/mol. The van der Waals surface area contributed by atoms with Gasteiger partial charge in [-0.25, -0.2) is 0 Å². The molecule has 7 aromatic carbocycles. The van der Waals surface area contributed by atoms with Crippen LogP contribution >= 0.6 is 0 Å². The predicted octanol–water partition coefficient (Wildman–Crippen LogP) is 14.9. The zero-order valence-electron chi connectivity index (χ0n) is 33.6. The summed E-state index contributed by atoms with van der Waals surface area (Å²) in [7, 11) is 0. The molecule has 0 aliphatic heterocycles. The molecule has 0 atom stereocenters. The summed E-state index contributed by atoms with van der Waals surface area (Å²) >= 11 is 0. The topological polar surface area (TPSA) is 3.24 Å². The molecular weight excluding hydrogens is 663 g/mol. The number of nitrogens with zero attached hydrogens (tertiary/aromatic N) is 1. The second-order valence-electron chi connectivity index (χ2n) is 18.8. The molecule has 7 aromatic rings. The van der Waals surface area contributed by atoms with Crippen molar-refractivity contribution in [2.45, 2.75) is 89.9 Å². The predicted molar refractivity (Wildman–Crippen MR) is 234 cm³/mol. The Balaban J connectivity index is 1.33. The number of fused-ring (bicyclic) bond motifs is 8. The van der Waals surface area contributed by atoms with E-state index in [1.165, 1.54) is 101 Å². The van der Waals surface area contributed by atoms with Crippen LogP contribution in [0.15, 0.2) is 140 Å². The van der Waals surface area contributed by atoms with Gasteiger partial charge in [-0.05, 0) is 121 Å². The van der Waals surface area contributed by atoms with Crippen molar-refractivity contribution in [3.05, 3.63) is 173 Å². The van der Waals surface area contributed by atoms with Gasteiger partial charge in [0.05, 0.1) is 11.4 Å². The van der Waals surface area contributed by atoms with Crippen molar-refractivity contribution in [1.29, 1.82) is 0 Å². The van der Waals surface area contributed by atoms with Crippen LogP contribution in [0.4, 0.5) is 17.1 Å². The van der Waals surface area contributed by atoms with Gasteiger partial charge < -0.3 is 4.90 Å². The van der Waals surface area contributed by atoms with Gasteiger partial charge >= 0.3 is 0 Å². The molecule has 272 valence electrons. The maximum absolute atomic E-state index is 2.61. The summed E-state index contributed by atoms with van der Waals surface area (Å²) in [5.41, 5.74) is 20.1. The maximum Gasteiger partial charge on any atom is 0.0543 e. The van der Waals surface area contributed by atoms with Gasteiger partial charge in [-0.1, -0.05) is 165 Å². The van der Waals surface area contributed by atoms with E-state index < -0.39 is 0 Å². The number of anilines is 3. The van der Waals surface area contributed by atoms with Gasteiger partial charge in [-0.3, -0.25) is 0 Å². The summed E-state index contributed by atoms with van der Waals surface area (Å²) in [6.45, 7) is 19.4. The Morgan fingerprint density at radius 3 is 1.67 bits per heavy atom. The van der Waals surface area contributed by atoms with Crippen molar-refractivity contribution in [3.63, 3.8) is 0 Å². The summed E-state index contributed by atoms with van der Waals surface area (Å²) in [6, 6.07) is 53.4. The normalized spacial score (nSPS) is 17.5. The summed E-state index contributed by atoms with van der Waals surface area (Å²) in [5, 5.41) is 2.49. The molecule has 0 unspecified atom stereocenters. The molecule has 0 heterocycles. The van der Waals surface area contributed by atoms with Crippen LogP contribution in [-0.2, 0) is 21.7 Å². The highest BCUT2D eigenvalue weighted by Crippen LogP contribution is 2.58. The fraction of sp³-hybridized carbons (Fsp3) is 0.259. The SMILES string of the molecule is CC1(C)CCC(C)(C)c2c(-c3cc4c(cc3N(c3ccc5c(c3)C(C)(C)c3ccccc3-5)c3cccc5ccccc35)C(C)(C)c3ccccc3-4)cccc21. The van der Waals surface area contributed by atoms with Crippen LogP contribution < -0.4 is 4.90 Å². The Labute approximate surface area is 327 Å². The third-order valence-electron chi connectivity index (χ3n) is 13.9. The Hall–Kier alpha value is -5.40. The average molecular weight is 714 g/mol. The minimum absolute atomic E-state index is 0.0303. The van der Waals surface area contributed by atoms with Crippen molar-refractivity contribution >= 4 is 27.8 Å². The van der Waals surface area contributed by atoms with Gasteiger partial charge in [-0.15, -0.1) is 0 Å². The van der Waals surface area contributed by atoms with E-state index in [0.29, 0.717) is 0 Å². The van der Waals surface area contributed by atoms with E-state index in [1.54, 1.807) is 0 Å². The van der Waals surface area contributed by atoms with Crippen molar-refractivity contribution in [2.24, 2.45) is 0 Å². The van der Waals surface area contributed by atoms with E-state index in [9.17, 15) is 0 Å². The molecule has 10 rings (SSSR count). The molecule has 3 aliphatic carbocycles. The molecule has 1 nitrogen and oxygen atoms in total. The molecular formula is C54H51N. The molecule has 0 amide bonds. The molecule has 0 radical (unpaired) electrons. The Morgan fingerprint density at radius 1 is 0.382 bits per heavy atom. The highest BCUT2D eigenvalue weighted by atomic mass is 15.1. The molecule has 0 spiro atoms. The fourth-order valence-corrected chi connectivity index (χ4v) is 10.7. The fourth-order valence-electron chi connectivity index (χ4n) is 10.7. The van der Waals surface area contributed by atoms with Gasteiger partial charge in [0.1, 0.15) is 0 Å². The first-order chi connectivity index (χ1) is 26.3. The van der Waals surface area contributed by atoms with Crippen LogP contribution in [0.5, 0.6) is 0 Å². The average Bonchev–Trinajstić information content (AvgIpc) is 3.55. The van der Waals surface area contributed by atoms with Gasteiger partial charge in [-0.2, -0.15) is 0 Å². The minimum atomic E-state index is -0.150. The molecule has 0 saturated heterocycles. The van der Waals surface area contributed by atoms with E-state index in [-0.39, 0.29) is 21.7 Å². The van der Waals surface area contributed by atoms with Crippen LogP contribution in [0.2, 0.25) is 0 Å². The van der Waals surface area contributed by atoms with E-state index in [4.69, 9.17) is 0 Å². The summed E-state index contributed by atoms with van der Waals surface area (Å²) in [5.74, 6) is 0. The minimum Gasteiger partial charge on any atom is -0.309 e. The number of rotatable bonds is 4. The lowest BCUT2D eigenvalue weighted by atomic mass is 9.61. The molecule has 0 aromatic heterocycles. The molecule has 0 saturated carbocycles. The smallest absolute Gasteiger partial charge is 0.0543 e. The first-order valence-corrected chi connectivity index (χ1v) is 20.2. The first kappa shape index (κ1) is 34.1. The zero-order valence-corrected chi connectivity index (χ0v) is 33.6.